The molecule has 0 unspecified atom stereocenters. The van der Waals surface area contributed by atoms with Crippen molar-refractivity contribution in [3.8, 4) is 5.75 Å². The van der Waals surface area contributed by atoms with Crippen LogP contribution in [0.4, 0.5) is 11.4 Å². The fourth-order valence-corrected chi connectivity index (χ4v) is 2.97. The standard InChI is InChI=1S/C17H21N3O7/c1-3-17(4-2,8-16(23)24)18-14(21)9-19-12-7-11(20(25)26)5-6-13(12)27-10-15(19)22/h5-7H,3-4,8-10H2,1-2H3,(H,18,21)(H,23,24). The van der Waals surface area contributed by atoms with Gasteiger partial charge in [-0.3, -0.25) is 29.4 Å². The van der Waals surface area contributed by atoms with Crippen LogP contribution in [0, 0.1) is 10.1 Å². The molecule has 1 heterocycles. The Morgan fingerprint density at radius 2 is 2.04 bits per heavy atom. The summed E-state index contributed by atoms with van der Waals surface area (Å²) < 4.78 is 5.25. The van der Waals surface area contributed by atoms with E-state index in [9.17, 15) is 24.5 Å². The van der Waals surface area contributed by atoms with Crippen LogP contribution >= 0.6 is 0 Å². The van der Waals surface area contributed by atoms with Gasteiger partial charge in [-0.05, 0) is 18.9 Å². The van der Waals surface area contributed by atoms with Gasteiger partial charge in [0.2, 0.25) is 5.91 Å². The third-order valence-corrected chi connectivity index (χ3v) is 4.65. The molecule has 0 saturated heterocycles. The first-order valence-electron chi connectivity index (χ1n) is 8.45. The number of non-ortho nitro benzene ring substituents is 1. The number of benzene rings is 1. The third-order valence-electron chi connectivity index (χ3n) is 4.65. The minimum atomic E-state index is -1.04. The minimum absolute atomic E-state index is 0.132. The summed E-state index contributed by atoms with van der Waals surface area (Å²) in [5.74, 6) is -1.85. The molecule has 1 aliphatic heterocycles. The van der Waals surface area contributed by atoms with Crippen molar-refractivity contribution in [3.05, 3.63) is 28.3 Å². The fourth-order valence-electron chi connectivity index (χ4n) is 2.97. The molecule has 1 aliphatic rings. The van der Waals surface area contributed by atoms with E-state index < -0.39 is 34.8 Å². The number of carbonyl (C=O) groups excluding carboxylic acids is 2. The molecule has 2 amide bonds. The molecule has 146 valence electrons. The molecule has 0 radical (unpaired) electrons. The van der Waals surface area contributed by atoms with Crippen LogP contribution in [-0.4, -0.2) is 46.5 Å². The second kappa shape index (κ2) is 8.02. The number of aliphatic carboxylic acids is 1. The van der Waals surface area contributed by atoms with Crippen molar-refractivity contribution in [1.82, 2.24) is 5.32 Å². The highest BCUT2D eigenvalue weighted by atomic mass is 16.6. The molecule has 0 aliphatic carbocycles. The molecule has 27 heavy (non-hydrogen) atoms. The molecule has 2 N–H and O–H groups in total. The van der Waals surface area contributed by atoms with Gasteiger partial charge in [-0.25, -0.2) is 0 Å². The molecular weight excluding hydrogens is 358 g/mol. The Morgan fingerprint density at radius 1 is 1.37 bits per heavy atom. The zero-order valence-corrected chi connectivity index (χ0v) is 15.1. The smallest absolute Gasteiger partial charge is 0.305 e. The average Bonchev–Trinajstić information content (AvgIpc) is 2.62. The topological polar surface area (TPSA) is 139 Å². The van der Waals surface area contributed by atoms with Gasteiger partial charge in [0.1, 0.15) is 12.3 Å². The van der Waals surface area contributed by atoms with Crippen LogP contribution in [0.2, 0.25) is 0 Å². The Morgan fingerprint density at radius 3 is 2.59 bits per heavy atom. The lowest BCUT2D eigenvalue weighted by Crippen LogP contribution is -2.53. The van der Waals surface area contributed by atoms with Gasteiger partial charge in [0.05, 0.1) is 22.6 Å². The predicted molar refractivity (Wildman–Crippen MR) is 94.7 cm³/mol. The molecule has 0 fully saturated rings. The van der Waals surface area contributed by atoms with E-state index in [0.717, 1.165) is 4.90 Å². The highest BCUT2D eigenvalue weighted by molar-refractivity contribution is 6.02. The molecule has 2 rings (SSSR count). The van der Waals surface area contributed by atoms with Gasteiger partial charge in [-0.2, -0.15) is 0 Å². The molecule has 1 aromatic carbocycles. The number of nitrogens with one attached hydrogen (secondary N) is 1. The lowest BCUT2D eigenvalue weighted by Gasteiger charge is -2.33. The van der Waals surface area contributed by atoms with E-state index in [-0.39, 0.29) is 30.2 Å². The summed E-state index contributed by atoms with van der Waals surface area (Å²) >= 11 is 0. The molecule has 0 saturated carbocycles. The highest BCUT2D eigenvalue weighted by Crippen LogP contribution is 2.35. The van der Waals surface area contributed by atoms with Gasteiger partial charge in [-0.15, -0.1) is 0 Å². The number of carbonyl (C=O) groups is 3. The zero-order valence-electron chi connectivity index (χ0n) is 15.1. The number of anilines is 1. The van der Waals surface area contributed by atoms with Crippen molar-refractivity contribution in [3.63, 3.8) is 0 Å². The molecule has 10 nitrogen and oxygen atoms in total. The Kier molecular flexibility index (Phi) is 5.98. The number of carboxylic acid groups (broad SMARTS) is 1. The Balaban J connectivity index is 2.25. The van der Waals surface area contributed by atoms with Crippen LogP contribution in [-0.2, 0) is 14.4 Å². The average molecular weight is 379 g/mol. The van der Waals surface area contributed by atoms with Gasteiger partial charge in [0.15, 0.2) is 6.61 Å². The largest absolute Gasteiger partial charge is 0.482 e. The molecule has 0 atom stereocenters. The summed E-state index contributed by atoms with van der Waals surface area (Å²) in [7, 11) is 0. The molecule has 0 spiro atoms. The highest BCUT2D eigenvalue weighted by Gasteiger charge is 2.34. The van der Waals surface area contributed by atoms with Crippen molar-refractivity contribution in [1.29, 1.82) is 0 Å². The Labute approximate surface area is 155 Å². The summed E-state index contributed by atoms with van der Waals surface area (Å²) in [5.41, 5.74) is -1.03. The number of fused-ring (bicyclic) bond motifs is 1. The van der Waals surface area contributed by atoms with Crippen molar-refractivity contribution in [2.24, 2.45) is 0 Å². The van der Waals surface area contributed by atoms with Crippen molar-refractivity contribution in [2.75, 3.05) is 18.1 Å². The lowest BCUT2D eigenvalue weighted by molar-refractivity contribution is -0.384. The number of ether oxygens (including phenoxy) is 1. The fraction of sp³-hybridized carbons (Fsp3) is 0.471. The van der Waals surface area contributed by atoms with Gasteiger partial charge in [-0.1, -0.05) is 13.8 Å². The quantitative estimate of drug-likeness (QED) is 0.515. The maximum absolute atomic E-state index is 12.5. The first-order chi connectivity index (χ1) is 12.7. The van der Waals surface area contributed by atoms with Gasteiger partial charge in [0.25, 0.3) is 11.6 Å². The summed E-state index contributed by atoms with van der Waals surface area (Å²) in [6.45, 7) is 2.86. The number of carboxylic acids is 1. The summed E-state index contributed by atoms with van der Waals surface area (Å²) in [4.78, 5) is 47.4. The SMILES string of the molecule is CCC(CC)(CC(=O)O)NC(=O)CN1C(=O)COc2ccc([N+](=O)[O-])cc21. The van der Waals surface area contributed by atoms with Crippen LogP contribution < -0.4 is 15.0 Å². The van der Waals surface area contributed by atoms with E-state index in [1.807, 2.05) is 0 Å². The minimum Gasteiger partial charge on any atom is -0.482 e. The van der Waals surface area contributed by atoms with Crippen LogP contribution in [0.3, 0.4) is 0 Å². The van der Waals surface area contributed by atoms with E-state index in [1.165, 1.54) is 18.2 Å². The second-order valence-corrected chi connectivity index (χ2v) is 6.28. The van der Waals surface area contributed by atoms with E-state index in [4.69, 9.17) is 9.84 Å². The van der Waals surface area contributed by atoms with Crippen molar-refractivity contribution in [2.45, 2.75) is 38.6 Å². The summed E-state index contributed by atoms with van der Waals surface area (Å²) in [6.07, 6.45) is 0.562. The van der Waals surface area contributed by atoms with Crippen LogP contribution in [0.5, 0.6) is 5.75 Å². The van der Waals surface area contributed by atoms with Gasteiger partial charge < -0.3 is 15.2 Å². The number of amides is 2. The maximum Gasteiger partial charge on any atom is 0.305 e. The molecular formula is C17H21N3O7. The molecule has 10 heteroatoms. The second-order valence-electron chi connectivity index (χ2n) is 6.28. The maximum atomic E-state index is 12.5. The van der Waals surface area contributed by atoms with Crippen LogP contribution in [0.25, 0.3) is 0 Å². The van der Waals surface area contributed by atoms with E-state index >= 15 is 0 Å². The first-order valence-corrected chi connectivity index (χ1v) is 8.45. The van der Waals surface area contributed by atoms with Crippen molar-refractivity contribution >= 4 is 29.2 Å². The zero-order chi connectivity index (χ0) is 20.2. The Hall–Kier alpha value is -3.17. The third kappa shape index (κ3) is 4.52. The monoisotopic (exact) mass is 379 g/mol. The molecule has 0 bridgehead atoms. The summed E-state index contributed by atoms with van der Waals surface area (Å²) in [5, 5.41) is 22.8. The van der Waals surface area contributed by atoms with Crippen LogP contribution in [0.1, 0.15) is 33.1 Å². The number of rotatable bonds is 8. The molecule has 0 aromatic heterocycles. The van der Waals surface area contributed by atoms with Crippen molar-refractivity contribution < 1.29 is 29.2 Å². The normalized spacial score (nSPS) is 13.6. The first kappa shape index (κ1) is 20.1. The Bertz CT molecular complexity index is 774. The number of nitrogens with zero attached hydrogens (tertiary/aromatic N) is 2. The van der Waals surface area contributed by atoms with Gasteiger partial charge in [0, 0.05) is 12.1 Å². The summed E-state index contributed by atoms with van der Waals surface area (Å²) in [6, 6.07) is 3.79. The number of hydrogen-bond donors (Lipinski definition) is 2. The number of hydrogen-bond acceptors (Lipinski definition) is 6. The van der Waals surface area contributed by atoms with E-state index in [1.54, 1.807) is 13.8 Å². The molecule has 1 aromatic rings. The number of nitro benzene ring substituents is 1. The lowest BCUT2D eigenvalue weighted by atomic mass is 9.89. The van der Waals surface area contributed by atoms with Gasteiger partial charge >= 0.3 is 5.97 Å². The predicted octanol–water partition coefficient (Wildman–Crippen LogP) is 1.47. The van der Waals surface area contributed by atoms with E-state index in [2.05, 4.69) is 5.32 Å². The number of nitro groups is 1. The van der Waals surface area contributed by atoms with Crippen LogP contribution in [0.15, 0.2) is 18.2 Å². The van der Waals surface area contributed by atoms with E-state index in [0.29, 0.717) is 12.8 Å².